The van der Waals surface area contributed by atoms with Gasteiger partial charge in [0.2, 0.25) is 0 Å². The van der Waals surface area contributed by atoms with Gasteiger partial charge in [0.25, 0.3) is 0 Å². The molecule has 0 aliphatic heterocycles. The molecule has 2 aromatic carbocycles. The minimum atomic E-state index is 0.395. The lowest BCUT2D eigenvalue weighted by molar-refractivity contribution is 0.376. The Kier molecular flexibility index (Phi) is 5.06. The first-order valence-corrected chi connectivity index (χ1v) is 10.2. The van der Waals surface area contributed by atoms with Crippen molar-refractivity contribution >= 4 is 33.7 Å². The number of ether oxygens (including phenoxy) is 2. The molecule has 7 heteroatoms. The van der Waals surface area contributed by atoms with E-state index in [0.717, 1.165) is 50.0 Å². The van der Waals surface area contributed by atoms with Gasteiger partial charge in [-0.3, -0.25) is 0 Å². The van der Waals surface area contributed by atoms with E-state index in [9.17, 15) is 0 Å². The summed E-state index contributed by atoms with van der Waals surface area (Å²) in [5.41, 5.74) is 3.47. The Bertz CT molecular complexity index is 967. The molecule has 0 saturated heterocycles. The summed E-state index contributed by atoms with van der Waals surface area (Å²) in [6.07, 6.45) is 0.874. The quantitative estimate of drug-likeness (QED) is 0.492. The predicted octanol–water partition coefficient (Wildman–Crippen LogP) is 5.90. The predicted molar refractivity (Wildman–Crippen MR) is 111 cm³/mol. The highest BCUT2D eigenvalue weighted by Crippen LogP contribution is 2.45. The number of anilines is 1. The molecule has 1 aliphatic rings. The third-order valence-electron chi connectivity index (χ3n) is 4.72. The van der Waals surface area contributed by atoms with Gasteiger partial charge < -0.3 is 18.7 Å². The number of nitrogens with one attached hydrogen (secondary N) is 1. The van der Waals surface area contributed by atoms with Crippen molar-refractivity contribution in [1.82, 2.24) is 5.16 Å². The molecule has 0 spiro atoms. The van der Waals surface area contributed by atoms with Gasteiger partial charge in [-0.2, -0.15) is 0 Å². The fraction of sp³-hybridized carbons (Fsp3) is 0.250. The van der Waals surface area contributed by atoms with E-state index >= 15 is 0 Å². The van der Waals surface area contributed by atoms with E-state index in [0.29, 0.717) is 5.92 Å². The maximum Gasteiger partial charge on any atom is 0.183 e. The molecule has 1 atom stereocenters. The molecule has 5 nitrogen and oxygen atoms in total. The smallest absolute Gasteiger partial charge is 0.183 e. The van der Waals surface area contributed by atoms with Crippen LogP contribution in [0.1, 0.15) is 24.0 Å². The normalized spacial score (nSPS) is 15.0. The van der Waals surface area contributed by atoms with Gasteiger partial charge >= 0.3 is 0 Å². The second-order valence-electron chi connectivity index (χ2n) is 6.37. The Labute approximate surface area is 170 Å². The SMILES string of the molecule is COc1cccc(OC)c1SNc1noc2c1CC(C)c1ccc(Br)cc1-2. The Morgan fingerprint density at radius 1 is 1.19 bits per heavy atom. The second-order valence-corrected chi connectivity index (χ2v) is 8.10. The van der Waals surface area contributed by atoms with Gasteiger partial charge in [-0.1, -0.05) is 40.1 Å². The summed E-state index contributed by atoms with van der Waals surface area (Å²) in [6.45, 7) is 2.23. The van der Waals surface area contributed by atoms with Crippen molar-refractivity contribution in [3.8, 4) is 22.8 Å². The standard InChI is InChI=1S/C20H19BrN2O3S/c1-11-9-15-18(14-10-12(21)7-8-13(11)14)26-22-20(15)23-27-19-16(24-2)5-4-6-17(19)25-3/h4-8,10-11H,9H2,1-3H3,(H,22,23). The maximum atomic E-state index is 5.71. The summed E-state index contributed by atoms with van der Waals surface area (Å²) in [4.78, 5) is 0.867. The lowest BCUT2D eigenvalue weighted by Crippen LogP contribution is -2.08. The summed E-state index contributed by atoms with van der Waals surface area (Å²) < 4.78 is 21.0. The van der Waals surface area contributed by atoms with Gasteiger partial charge in [0.05, 0.1) is 14.2 Å². The lowest BCUT2D eigenvalue weighted by Gasteiger charge is -2.21. The Morgan fingerprint density at radius 2 is 1.93 bits per heavy atom. The summed E-state index contributed by atoms with van der Waals surface area (Å²) in [7, 11) is 3.29. The molecule has 0 bridgehead atoms. The van der Waals surface area contributed by atoms with E-state index < -0.39 is 0 Å². The Hall–Kier alpha value is -2.12. The lowest BCUT2D eigenvalue weighted by atomic mass is 9.83. The molecule has 1 unspecified atom stereocenters. The average molecular weight is 447 g/mol. The fourth-order valence-electron chi connectivity index (χ4n) is 3.38. The zero-order valence-electron chi connectivity index (χ0n) is 15.2. The minimum absolute atomic E-state index is 0.395. The molecule has 3 aromatic rings. The van der Waals surface area contributed by atoms with Crippen LogP contribution in [0.2, 0.25) is 0 Å². The van der Waals surface area contributed by atoms with Gasteiger partial charge in [-0.15, -0.1) is 0 Å². The molecule has 1 N–H and O–H groups in total. The number of hydrogen-bond acceptors (Lipinski definition) is 6. The summed E-state index contributed by atoms with van der Waals surface area (Å²) in [5.74, 6) is 3.45. The molecule has 140 valence electrons. The average Bonchev–Trinajstić information content (AvgIpc) is 3.08. The molecular weight excluding hydrogens is 428 g/mol. The number of rotatable bonds is 5. The molecule has 0 amide bonds. The third-order valence-corrected chi connectivity index (χ3v) is 6.12. The van der Waals surface area contributed by atoms with Crippen molar-refractivity contribution in [3.05, 3.63) is 52.0 Å². The highest BCUT2D eigenvalue weighted by molar-refractivity contribution is 9.10. The summed E-state index contributed by atoms with van der Waals surface area (Å²) >= 11 is 4.96. The number of halogens is 1. The van der Waals surface area contributed by atoms with Crippen molar-refractivity contribution in [1.29, 1.82) is 0 Å². The first-order chi connectivity index (χ1) is 13.1. The van der Waals surface area contributed by atoms with Gasteiger partial charge in [0.15, 0.2) is 11.6 Å². The van der Waals surface area contributed by atoms with Gasteiger partial charge in [-0.25, -0.2) is 0 Å². The van der Waals surface area contributed by atoms with Gasteiger partial charge in [-0.05, 0) is 54.1 Å². The molecule has 1 aliphatic carbocycles. The summed E-state index contributed by atoms with van der Waals surface area (Å²) in [5, 5.41) is 4.28. The molecule has 1 aromatic heterocycles. The largest absolute Gasteiger partial charge is 0.495 e. The first kappa shape index (κ1) is 18.3. The molecule has 0 saturated carbocycles. The zero-order chi connectivity index (χ0) is 19.0. The Balaban J connectivity index is 1.66. The van der Waals surface area contributed by atoms with Crippen LogP contribution in [-0.4, -0.2) is 19.4 Å². The van der Waals surface area contributed by atoms with Gasteiger partial charge in [0.1, 0.15) is 16.4 Å². The molecule has 0 fully saturated rings. The van der Waals surface area contributed by atoms with Crippen LogP contribution < -0.4 is 14.2 Å². The topological polar surface area (TPSA) is 56.5 Å². The molecule has 27 heavy (non-hydrogen) atoms. The van der Waals surface area contributed by atoms with Crippen molar-refractivity contribution in [3.63, 3.8) is 0 Å². The minimum Gasteiger partial charge on any atom is -0.495 e. The molecule has 4 rings (SSSR count). The fourth-order valence-corrected chi connectivity index (χ4v) is 4.60. The van der Waals surface area contributed by atoms with Crippen LogP contribution in [0.5, 0.6) is 11.5 Å². The van der Waals surface area contributed by atoms with E-state index in [1.165, 1.54) is 17.5 Å². The van der Waals surface area contributed by atoms with E-state index in [-0.39, 0.29) is 0 Å². The molecular formula is C20H19BrN2O3S. The van der Waals surface area contributed by atoms with Crippen molar-refractivity contribution in [2.75, 3.05) is 18.9 Å². The van der Waals surface area contributed by atoms with Gasteiger partial charge in [0, 0.05) is 15.6 Å². The zero-order valence-corrected chi connectivity index (χ0v) is 17.6. The van der Waals surface area contributed by atoms with Crippen LogP contribution in [0.3, 0.4) is 0 Å². The van der Waals surface area contributed by atoms with Crippen LogP contribution in [0.4, 0.5) is 5.82 Å². The number of aromatic nitrogens is 1. The van der Waals surface area contributed by atoms with E-state index in [1.807, 2.05) is 18.2 Å². The third kappa shape index (κ3) is 3.30. The van der Waals surface area contributed by atoms with Crippen LogP contribution in [-0.2, 0) is 6.42 Å². The van der Waals surface area contributed by atoms with Crippen molar-refractivity contribution in [2.24, 2.45) is 0 Å². The maximum absolute atomic E-state index is 5.71. The van der Waals surface area contributed by atoms with Crippen LogP contribution >= 0.6 is 27.9 Å². The van der Waals surface area contributed by atoms with E-state index in [2.05, 4.69) is 50.9 Å². The number of fused-ring (bicyclic) bond motifs is 3. The van der Waals surface area contributed by atoms with Crippen molar-refractivity contribution in [2.45, 2.75) is 24.2 Å². The van der Waals surface area contributed by atoms with E-state index in [1.54, 1.807) is 14.2 Å². The molecule has 0 radical (unpaired) electrons. The van der Waals surface area contributed by atoms with E-state index in [4.69, 9.17) is 14.0 Å². The Morgan fingerprint density at radius 3 is 2.63 bits per heavy atom. The number of hydrogen-bond donors (Lipinski definition) is 1. The first-order valence-electron chi connectivity index (χ1n) is 8.54. The second kappa shape index (κ2) is 7.48. The van der Waals surface area contributed by atoms with Crippen LogP contribution in [0.25, 0.3) is 11.3 Å². The number of benzene rings is 2. The number of nitrogens with zero attached hydrogens (tertiary/aromatic N) is 1. The highest BCUT2D eigenvalue weighted by Gasteiger charge is 2.29. The molecule has 1 heterocycles. The monoisotopic (exact) mass is 446 g/mol. The summed E-state index contributed by atoms with van der Waals surface area (Å²) in [6, 6.07) is 12.0. The van der Waals surface area contributed by atoms with Crippen molar-refractivity contribution < 1.29 is 14.0 Å². The highest BCUT2D eigenvalue weighted by atomic mass is 79.9. The van der Waals surface area contributed by atoms with Crippen LogP contribution in [0.15, 0.2) is 50.3 Å². The van der Waals surface area contributed by atoms with Crippen LogP contribution in [0, 0.1) is 0 Å². The number of methoxy groups -OCH3 is 2.